The maximum absolute atomic E-state index is 10.9. The van der Waals surface area contributed by atoms with E-state index >= 15 is 0 Å². The molecule has 0 aliphatic heterocycles. The maximum atomic E-state index is 10.9. The molecule has 0 amide bonds. The lowest BCUT2D eigenvalue weighted by Gasteiger charge is -2.10. The average molecular weight is 190 g/mol. The first-order valence-corrected chi connectivity index (χ1v) is 5.68. The molecular formula is C8H14O3S. The van der Waals surface area contributed by atoms with Crippen LogP contribution in [-0.2, 0) is 20.3 Å². The van der Waals surface area contributed by atoms with Crippen molar-refractivity contribution in [1.29, 1.82) is 0 Å². The molecule has 1 fully saturated rings. The standard InChI is InChI=1S/C8H14O3S/c1-11-7(9)5-8(3-4-8)6-12(2)10/h3-6H2,1-2H3. The van der Waals surface area contributed by atoms with E-state index in [1.165, 1.54) is 7.11 Å². The van der Waals surface area contributed by atoms with Crippen LogP contribution < -0.4 is 0 Å². The van der Waals surface area contributed by atoms with Crippen molar-refractivity contribution in [3.63, 3.8) is 0 Å². The van der Waals surface area contributed by atoms with Gasteiger partial charge in [-0.15, -0.1) is 0 Å². The molecule has 12 heavy (non-hydrogen) atoms. The zero-order chi connectivity index (χ0) is 9.19. The molecular weight excluding hydrogens is 176 g/mol. The van der Waals surface area contributed by atoms with Crippen LogP contribution in [0.3, 0.4) is 0 Å². The van der Waals surface area contributed by atoms with Gasteiger partial charge in [0, 0.05) is 22.8 Å². The van der Waals surface area contributed by atoms with E-state index in [2.05, 4.69) is 4.74 Å². The number of hydrogen-bond donors (Lipinski definition) is 0. The first-order valence-electron chi connectivity index (χ1n) is 3.95. The molecule has 0 N–H and O–H groups in total. The van der Waals surface area contributed by atoms with Crippen molar-refractivity contribution in [1.82, 2.24) is 0 Å². The van der Waals surface area contributed by atoms with Crippen LogP contribution in [0.2, 0.25) is 0 Å². The summed E-state index contributed by atoms with van der Waals surface area (Å²) in [5, 5.41) is 0. The van der Waals surface area contributed by atoms with Gasteiger partial charge < -0.3 is 4.74 Å². The van der Waals surface area contributed by atoms with Gasteiger partial charge in [-0.1, -0.05) is 0 Å². The molecule has 3 nitrogen and oxygen atoms in total. The normalized spacial score (nSPS) is 21.5. The SMILES string of the molecule is COC(=O)CC1(CS(C)=O)CC1. The second kappa shape index (κ2) is 3.56. The van der Waals surface area contributed by atoms with Gasteiger partial charge in [-0.2, -0.15) is 0 Å². The summed E-state index contributed by atoms with van der Waals surface area (Å²) in [5.41, 5.74) is 0.0205. The minimum absolute atomic E-state index is 0.0205. The molecule has 1 rings (SSSR count). The summed E-state index contributed by atoms with van der Waals surface area (Å²) in [5.74, 6) is 0.459. The Labute approximate surface area is 74.9 Å². The quantitative estimate of drug-likeness (QED) is 0.613. The average Bonchev–Trinajstić information content (AvgIpc) is 2.67. The lowest BCUT2D eigenvalue weighted by atomic mass is 10.1. The van der Waals surface area contributed by atoms with E-state index in [4.69, 9.17) is 0 Å². The fourth-order valence-corrected chi connectivity index (χ4v) is 2.61. The van der Waals surface area contributed by atoms with Crippen molar-refractivity contribution >= 4 is 16.8 Å². The number of carbonyl (C=O) groups is 1. The molecule has 1 aliphatic carbocycles. The van der Waals surface area contributed by atoms with Crippen LogP contribution in [0.15, 0.2) is 0 Å². The molecule has 0 spiro atoms. The van der Waals surface area contributed by atoms with Gasteiger partial charge in [0.15, 0.2) is 0 Å². The molecule has 1 unspecified atom stereocenters. The van der Waals surface area contributed by atoms with Gasteiger partial charge in [-0.3, -0.25) is 9.00 Å². The summed E-state index contributed by atoms with van der Waals surface area (Å²) in [7, 11) is 0.592. The smallest absolute Gasteiger partial charge is 0.306 e. The molecule has 0 saturated heterocycles. The minimum Gasteiger partial charge on any atom is -0.469 e. The van der Waals surface area contributed by atoms with E-state index in [0.29, 0.717) is 12.2 Å². The Kier molecular flexibility index (Phi) is 2.88. The van der Waals surface area contributed by atoms with E-state index in [9.17, 15) is 9.00 Å². The Balaban J connectivity index is 2.39. The number of esters is 1. The number of hydrogen-bond acceptors (Lipinski definition) is 3. The third-order valence-corrected chi connectivity index (χ3v) is 3.23. The van der Waals surface area contributed by atoms with Gasteiger partial charge in [-0.25, -0.2) is 0 Å². The molecule has 1 saturated carbocycles. The van der Waals surface area contributed by atoms with E-state index in [0.717, 1.165) is 12.8 Å². The highest BCUT2D eigenvalue weighted by atomic mass is 32.2. The zero-order valence-corrected chi connectivity index (χ0v) is 8.28. The Morgan fingerprint density at radius 2 is 2.17 bits per heavy atom. The lowest BCUT2D eigenvalue weighted by molar-refractivity contribution is -0.141. The molecule has 4 heteroatoms. The number of methoxy groups -OCH3 is 1. The molecule has 1 aliphatic rings. The van der Waals surface area contributed by atoms with Crippen LogP contribution in [0.1, 0.15) is 19.3 Å². The predicted molar refractivity (Wildman–Crippen MR) is 47.2 cm³/mol. The topological polar surface area (TPSA) is 43.4 Å². The van der Waals surface area contributed by atoms with Crippen LogP contribution in [0.25, 0.3) is 0 Å². The van der Waals surface area contributed by atoms with Gasteiger partial charge in [0.1, 0.15) is 0 Å². The Morgan fingerprint density at radius 1 is 1.58 bits per heavy atom. The minimum atomic E-state index is -0.799. The highest BCUT2D eigenvalue weighted by Gasteiger charge is 2.45. The highest BCUT2D eigenvalue weighted by molar-refractivity contribution is 7.84. The first-order chi connectivity index (χ1) is 5.58. The maximum Gasteiger partial charge on any atom is 0.306 e. The monoisotopic (exact) mass is 190 g/mol. The van der Waals surface area contributed by atoms with E-state index < -0.39 is 10.8 Å². The molecule has 0 radical (unpaired) electrons. The Morgan fingerprint density at radius 3 is 2.50 bits per heavy atom. The van der Waals surface area contributed by atoms with Crippen molar-refractivity contribution < 1.29 is 13.7 Å². The van der Waals surface area contributed by atoms with Gasteiger partial charge in [-0.05, 0) is 18.3 Å². The van der Waals surface area contributed by atoms with Gasteiger partial charge >= 0.3 is 5.97 Å². The fourth-order valence-electron chi connectivity index (χ4n) is 1.36. The largest absolute Gasteiger partial charge is 0.469 e. The van der Waals surface area contributed by atoms with E-state index in [-0.39, 0.29) is 11.4 Å². The Hall–Kier alpha value is -0.380. The third-order valence-electron chi connectivity index (χ3n) is 2.21. The first kappa shape index (κ1) is 9.71. The van der Waals surface area contributed by atoms with Gasteiger partial charge in [0.2, 0.25) is 0 Å². The summed E-state index contributed by atoms with van der Waals surface area (Å²) in [6.07, 6.45) is 4.14. The second-order valence-electron chi connectivity index (χ2n) is 3.47. The summed E-state index contributed by atoms with van der Waals surface area (Å²) in [4.78, 5) is 10.9. The third kappa shape index (κ3) is 2.59. The van der Waals surface area contributed by atoms with Crippen LogP contribution in [-0.4, -0.2) is 29.3 Å². The summed E-state index contributed by atoms with van der Waals surface area (Å²) >= 11 is 0. The molecule has 0 aromatic rings. The van der Waals surface area contributed by atoms with Crippen LogP contribution in [0.4, 0.5) is 0 Å². The van der Waals surface area contributed by atoms with Crippen LogP contribution in [0, 0.1) is 5.41 Å². The second-order valence-corrected chi connectivity index (χ2v) is 4.91. The molecule has 1 atom stereocenters. The van der Waals surface area contributed by atoms with Gasteiger partial charge in [0.05, 0.1) is 13.5 Å². The fraction of sp³-hybridized carbons (Fsp3) is 0.875. The molecule has 0 aromatic heterocycles. The summed E-state index contributed by atoms with van der Waals surface area (Å²) in [6.45, 7) is 0. The predicted octanol–water partition coefficient (Wildman–Crippen LogP) is 0.708. The molecule has 0 heterocycles. The Bertz CT molecular complexity index is 208. The van der Waals surface area contributed by atoms with Gasteiger partial charge in [0.25, 0.3) is 0 Å². The van der Waals surface area contributed by atoms with Crippen molar-refractivity contribution in [3.8, 4) is 0 Å². The number of carbonyl (C=O) groups excluding carboxylic acids is 1. The number of rotatable bonds is 4. The zero-order valence-electron chi connectivity index (χ0n) is 7.46. The van der Waals surface area contributed by atoms with Crippen molar-refractivity contribution in [2.24, 2.45) is 5.41 Å². The lowest BCUT2D eigenvalue weighted by Crippen LogP contribution is -2.17. The van der Waals surface area contributed by atoms with E-state index in [1.54, 1.807) is 6.26 Å². The van der Waals surface area contributed by atoms with E-state index in [1.807, 2.05) is 0 Å². The molecule has 0 bridgehead atoms. The molecule has 70 valence electrons. The van der Waals surface area contributed by atoms with Crippen molar-refractivity contribution in [3.05, 3.63) is 0 Å². The summed E-state index contributed by atoms with van der Waals surface area (Å²) in [6, 6.07) is 0. The van der Waals surface area contributed by atoms with Crippen LogP contribution >= 0.6 is 0 Å². The highest BCUT2D eigenvalue weighted by Crippen LogP contribution is 2.49. The van der Waals surface area contributed by atoms with Crippen LogP contribution in [0.5, 0.6) is 0 Å². The van der Waals surface area contributed by atoms with Crippen molar-refractivity contribution in [2.75, 3.05) is 19.1 Å². The summed E-state index contributed by atoms with van der Waals surface area (Å²) < 4.78 is 15.5. The molecule has 0 aromatic carbocycles. The number of ether oxygens (including phenoxy) is 1. The van der Waals surface area contributed by atoms with Crippen molar-refractivity contribution in [2.45, 2.75) is 19.3 Å².